The topological polar surface area (TPSA) is 105 Å². The predicted molar refractivity (Wildman–Crippen MR) is 300 cm³/mol. The lowest BCUT2D eigenvalue weighted by Gasteiger charge is -2.26. The van der Waals surface area contributed by atoms with Gasteiger partial charge in [-0.3, -0.25) is 13.8 Å². The number of aliphatic hydroxyl groups excluding tert-OH is 1. The summed E-state index contributed by atoms with van der Waals surface area (Å²) in [4.78, 5) is 23.3. The lowest BCUT2D eigenvalue weighted by molar-refractivity contribution is -0.870. The molecule has 410 valence electrons. The molecule has 0 aromatic heterocycles. The standard InChI is InChI=1S/C60H119N2O6P/c1-6-8-10-12-14-16-18-20-22-24-26-27-28-29-30-31-32-33-34-35-36-37-39-41-43-45-47-49-51-53-59(63)58(57-68-69(65,66)67-56-55-62(3,4)5)61-60(64)54-52-50-48-46-44-42-40-38-25-23-21-19-17-15-13-11-9-7-2/h17,19,23,25,58-59,63H,6-16,18,20-22,24,26-57H2,1-5H3,(H-,61,64,65,66)/p+1/b19-17-,25-23-. The number of unbranched alkanes of at least 4 members (excludes halogenated alkanes) is 39. The SMILES string of the molecule is CCCCCC/C=C\C/C=C\CCCCCCCCCC(=O)NC(COP(=O)(O)OCC[N+](C)(C)C)C(O)CCCCCCCCCCCCCCCCCCCCCCCCCCCCCCC. The first-order valence-electron chi connectivity index (χ1n) is 30.2. The third-order valence-corrected chi connectivity index (χ3v) is 14.9. The number of amides is 1. The summed E-state index contributed by atoms with van der Waals surface area (Å²) in [5, 5.41) is 14.1. The van der Waals surface area contributed by atoms with Crippen molar-refractivity contribution < 1.29 is 32.9 Å². The molecule has 0 heterocycles. The summed E-state index contributed by atoms with van der Waals surface area (Å²) >= 11 is 0. The van der Waals surface area contributed by atoms with Crippen LogP contribution in [0.4, 0.5) is 0 Å². The molecular formula is C60H120N2O6P+. The molecule has 0 aliphatic heterocycles. The molecule has 1 amide bonds. The Kier molecular flexibility index (Phi) is 51.1. The molecule has 8 nitrogen and oxygen atoms in total. The molecule has 0 aliphatic carbocycles. The van der Waals surface area contributed by atoms with E-state index in [9.17, 15) is 19.4 Å². The van der Waals surface area contributed by atoms with Gasteiger partial charge < -0.3 is 19.8 Å². The minimum absolute atomic E-state index is 0.0741. The smallest absolute Gasteiger partial charge is 0.391 e. The van der Waals surface area contributed by atoms with Gasteiger partial charge in [-0.1, -0.05) is 276 Å². The van der Waals surface area contributed by atoms with Crippen LogP contribution in [-0.4, -0.2) is 73.4 Å². The van der Waals surface area contributed by atoms with Gasteiger partial charge >= 0.3 is 7.82 Å². The first-order valence-corrected chi connectivity index (χ1v) is 31.7. The van der Waals surface area contributed by atoms with Crippen LogP contribution in [0.5, 0.6) is 0 Å². The van der Waals surface area contributed by atoms with Crippen molar-refractivity contribution in [3.05, 3.63) is 24.3 Å². The highest BCUT2D eigenvalue weighted by Gasteiger charge is 2.28. The highest BCUT2D eigenvalue weighted by Crippen LogP contribution is 2.43. The quantitative estimate of drug-likeness (QED) is 0.0243. The Labute approximate surface area is 430 Å². The third kappa shape index (κ3) is 54.6. The number of carbonyl (C=O) groups is 1. The van der Waals surface area contributed by atoms with Gasteiger partial charge in [0, 0.05) is 6.42 Å². The van der Waals surface area contributed by atoms with Gasteiger partial charge in [0.05, 0.1) is 39.9 Å². The van der Waals surface area contributed by atoms with Crippen LogP contribution in [0.2, 0.25) is 0 Å². The second-order valence-corrected chi connectivity index (χ2v) is 23.5. The minimum atomic E-state index is -4.33. The number of nitrogens with zero attached hydrogens (tertiary/aromatic N) is 1. The zero-order valence-corrected chi connectivity index (χ0v) is 47.7. The van der Waals surface area contributed by atoms with Gasteiger partial charge in [0.25, 0.3) is 0 Å². The Hall–Kier alpha value is -1.02. The van der Waals surface area contributed by atoms with Crippen molar-refractivity contribution >= 4 is 13.7 Å². The van der Waals surface area contributed by atoms with E-state index in [4.69, 9.17) is 9.05 Å². The van der Waals surface area contributed by atoms with Crippen LogP contribution in [0.1, 0.15) is 303 Å². The van der Waals surface area contributed by atoms with Gasteiger partial charge in [0.2, 0.25) is 5.91 Å². The summed E-state index contributed by atoms with van der Waals surface area (Å²) < 4.78 is 23.8. The van der Waals surface area contributed by atoms with E-state index in [1.54, 1.807) is 0 Å². The molecular weight excluding hydrogens is 876 g/mol. The van der Waals surface area contributed by atoms with Crippen LogP contribution in [-0.2, 0) is 18.4 Å². The number of hydrogen-bond acceptors (Lipinski definition) is 5. The number of nitrogens with one attached hydrogen (secondary N) is 1. The molecule has 3 N–H and O–H groups in total. The largest absolute Gasteiger partial charge is 0.472 e. The Morgan fingerprint density at radius 1 is 0.493 bits per heavy atom. The molecule has 0 radical (unpaired) electrons. The van der Waals surface area contributed by atoms with E-state index in [0.29, 0.717) is 23.9 Å². The fraction of sp³-hybridized carbons (Fsp3) is 0.917. The average molecular weight is 997 g/mol. The van der Waals surface area contributed by atoms with Crippen LogP contribution in [0.25, 0.3) is 0 Å². The second-order valence-electron chi connectivity index (χ2n) is 22.1. The Morgan fingerprint density at radius 2 is 0.826 bits per heavy atom. The Morgan fingerprint density at radius 3 is 1.20 bits per heavy atom. The van der Waals surface area contributed by atoms with Gasteiger partial charge in [0.1, 0.15) is 13.2 Å². The van der Waals surface area contributed by atoms with Gasteiger partial charge in [-0.2, -0.15) is 0 Å². The number of phosphoric acid groups is 1. The van der Waals surface area contributed by atoms with Crippen LogP contribution in [0, 0.1) is 0 Å². The van der Waals surface area contributed by atoms with Crippen molar-refractivity contribution in [3.63, 3.8) is 0 Å². The van der Waals surface area contributed by atoms with Gasteiger partial charge in [0.15, 0.2) is 0 Å². The first-order chi connectivity index (χ1) is 33.5. The highest BCUT2D eigenvalue weighted by atomic mass is 31.2. The van der Waals surface area contributed by atoms with E-state index in [1.165, 1.54) is 225 Å². The number of rotatable bonds is 56. The lowest BCUT2D eigenvalue weighted by Crippen LogP contribution is -2.46. The van der Waals surface area contributed by atoms with Crippen LogP contribution >= 0.6 is 7.82 Å². The van der Waals surface area contributed by atoms with E-state index >= 15 is 0 Å². The monoisotopic (exact) mass is 996 g/mol. The highest BCUT2D eigenvalue weighted by molar-refractivity contribution is 7.47. The lowest BCUT2D eigenvalue weighted by atomic mass is 10.0. The molecule has 69 heavy (non-hydrogen) atoms. The molecule has 0 bridgehead atoms. The van der Waals surface area contributed by atoms with Crippen molar-refractivity contribution in [2.75, 3.05) is 40.9 Å². The maximum atomic E-state index is 13.0. The van der Waals surface area contributed by atoms with E-state index in [-0.39, 0.29) is 19.1 Å². The fourth-order valence-electron chi connectivity index (χ4n) is 9.20. The van der Waals surface area contributed by atoms with Gasteiger partial charge in [-0.25, -0.2) is 4.57 Å². The van der Waals surface area contributed by atoms with E-state index in [1.807, 2.05) is 21.1 Å². The number of allylic oxidation sites excluding steroid dienone is 4. The number of carbonyl (C=O) groups excluding carboxylic acids is 1. The number of aliphatic hydroxyl groups is 1. The molecule has 0 aromatic carbocycles. The zero-order chi connectivity index (χ0) is 50.6. The third-order valence-electron chi connectivity index (χ3n) is 14.0. The van der Waals surface area contributed by atoms with Crippen molar-refractivity contribution in [1.29, 1.82) is 0 Å². The number of phosphoric ester groups is 1. The Balaban J connectivity index is 4.08. The summed E-state index contributed by atoms with van der Waals surface area (Å²) in [6.07, 6.45) is 65.3. The minimum Gasteiger partial charge on any atom is -0.391 e. The summed E-state index contributed by atoms with van der Waals surface area (Å²) in [5.74, 6) is -0.148. The van der Waals surface area contributed by atoms with E-state index < -0.39 is 20.0 Å². The number of quaternary nitrogens is 1. The van der Waals surface area contributed by atoms with Crippen molar-refractivity contribution in [1.82, 2.24) is 5.32 Å². The molecule has 0 aromatic rings. The van der Waals surface area contributed by atoms with E-state index in [0.717, 1.165) is 51.4 Å². The molecule has 0 saturated heterocycles. The van der Waals surface area contributed by atoms with Crippen LogP contribution in [0.3, 0.4) is 0 Å². The van der Waals surface area contributed by atoms with E-state index in [2.05, 4.69) is 43.5 Å². The zero-order valence-electron chi connectivity index (χ0n) is 46.8. The second kappa shape index (κ2) is 51.9. The fourth-order valence-corrected chi connectivity index (χ4v) is 9.93. The maximum absolute atomic E-state index is 13.0. The van der Waals surface area contributed by atoms with Crippen LogP contribution < -0.4 is 5.32 Å². The summed E-state index contributed by atoms with van der Waals surface area (Å²) in [5.41, 5.74) is 0. The van der Waals surface area contributed by atoms with Gasteiger partial charge in [-0.05, 0) is 44.9 Å². The van der Waals surface area contributed by atoms with Gasteiger partial charge in [-0.15, -0.1) is 0 Å². The summed E-state index contributed by atoms with van der Waals surface area (Å²) in [7, 11) is 1.62. The molecule has 0 rings (SSSR count). The summed E-state index contributed by atoms with van der Waals surface area (Å²) in [6, 6.07) is -0.764. The molecule has 3 atom stereocenters. The normalized spacial score (nSPS) is 14.0. The molecule has 0 spiro atoms. The average Bonchev–Trinajstić information content (AvgIpc) is 3.31. The van der Waals surface area contributed by atoms with Crippen molar-refractivity contribution in [2.24, 2.45) is 0 Å². The number of likely N-dealkylation sites (N-methyl/N-ethyl adjacent to an activating group) is 1. The summed E-state index contributed by atoms with van der Waals surface area (Å²) in [6.45, 7) is 4.91. The maximum Gasteiger partial charge on any atom is 0.472 e. The van der Waals surface area contributed by atoms with Crippen molar-refractivity contribution in [3.8, 4) is 0 Å². The molecule has 3 unspecified atom stereocenters. The van der Waals surface area contributed by atoms with Crippen LogP contribution in [0.15, 0.2) is 24.3 Å². The molecule has 9 heteroatoms. The Bertz CT molecular complexity index is 1170. The molecule has 0 aliphatic rings. The molecule has 0 fully saturated rings. The number of hydrogen-bond donors (Lipinski definition) is 3. The first kappa shape index (κ1) is 68.0. The van der Waals surface area contributed by atoms with Crippen molar-refractivity contribution in [2.45, 2.75) is 315 Å². The predicted octanol–water partition coefficient (Wildman–Crippen LogP) is 18.4. The molecule has 0 saturated carbocycles.